The summed E-state index contributed by atoms with van der Waals surface area (Å²) in [5, 5.41) is 3.22. The van der Waals surface area contributed by atoms with Crippen LogP contribution in [0.1, 0.15) is 50.2 Å². The van der Waals surface area contributed by atoms with Crippen molar-refractivity contribution >= 4 is 5.91 Å². The molecule has 0 heterocycles. The van der Waals surface area contributed by atoms with Crippen LogP contribution in [0.15, 0.2) is 24.3 Å². The molecule has 2 fully saturated rings. The van der Waals surface area contributed by atoms with Gasteiger partial charge in [0.1, 0.15) is 0 Å². The van der Waals surface area contributed by atoms with Crippen molar-refractivity contribution in [1.82, 2.24) is 5.32 Å². The lowest BCUT2D eigenvalue weighted by Gasteiger charge is -2.45. The van der Waals surface area contributed by atoms with Crippen molar-refractivity contribution in [2.24, 2.45) is 23.5 Å². The highest BCUT2D eigenvalue weighted by molar-refractivity contribution is 5.79. The van der Waals surface area contributed by atoms with Crippen LogP contribution in [0.25, 0.3) is 0 Å². The Bertz CT molecular complexity index is 615. The molecule has 0 saturated heterocycles. The molecule has 0 spiro atoms. The molecule has 2 saturated carbocycles. The van der Waals surface area contributed by atoms with Gasteiger partial charge in [0, 0.05) is 18.0 Å². The van der Waals surface area contributed by atoms with Gasteiger partial charge in [0.2, 0.25) is 5.91 Å². The molecule has 1 aromatic carbocycles. The average Bonchev–Trinajstić information content (AvgIpc) is 2.55. The van der Waals surface area contributed by atoms with E-state index in [1.54, 1.807) is 0 Å². The van der Waals surface area contributed by atoms with Crippen LogP contribution in [-0.4, -0.2) is 18.0 Å². The average molecular weight is 368 g/mol. The maximum absolute atomic E-state index is 12.6. The monoisotopic (exact) mass is 368 g/mol. The maximum Gasteiger partial charge on any atom is 0.416 e. The number of halogens is 3. The van der Waals surface area contributed by atoms with Crippen LogP contribution >= 0.6 is 0 Å². The van der Waals surface area contributed by atoms with Crippen molar-refractivity contribution < 1.29 is 18.0 Å². The van der Waals surface area contributed by atoms with Crippen molar-refractivity contribution in [2.45, 2.75) is 63.7 Å². The highest BCUT2D eigenvalue weighted by Crippen LogP contribution is 2.39. The molecule has 1 aromatic rings. The molecule has 144 valence electrons. The summed E-state index contributed by atoms with van der Waals surface area (Å²) in [6.45, 7) is 1.83. The Morgan fingerprint density at radius 2 is 1.77 bits per heavy atom. The Labute approximate surface area is 152 Å². The minimum atomic E-state index is -4.33. The second kappa shape index (κ2) is 7.59. The lowest BCUT2D eigenvalue weighted by atomic mass is 9.67. The minimum Gasteiger partial charge on any atom is -0.353 e. The third kappa shape index (κ3) is 4.40. The van der Waals surface area contributed by atoms with Gasteiger partial charge in [-0.25, -0.2) is 0 Å². The molecule has 2 aliphatic rings. The molecule has 3 nitrogen and oxygen atoms in total. The largest absolute Gasteiger partial charge is 0.416 e. The number of nitrogens with two attached hydrogens (primary N) is 1. The predicted molar refractivity (Wildman–Crippen MR) is 94.3 cm³/mol. The summed E-state index contributed by atoms with van der Waals surface area (Å²) >= 11 is 0. The van der Waals surface area contributed by atoms with Gasteiger partial charge in [-0.05, 0) is 61.6 Å². The van der Waals surface area contributed by atoms with Crippen LogP contribution in [-0.2, 0) is 17.4 Å². The number of fused-ring (bicyclic) bond motifs is 2. The highest BCUT2D eigenvalue weighted by atomic mass is 19.4. The molecular weight excluding hydrogens is 341 g/mol. The first kappa shape index (κ1) is 19.2. The van der Waals surface area contributed by atoms with Crippen molar-refractivity contribution in [1.29, 1.82) is 0 Å². The van der Waals surface area contributed by atoms with Crippen molar-refractivity contribution in [3.8, 4) is 0 Å². The van der Waals surface area contributed by atoms with Gasteiger partial charge < -0.3 is 11.1 Å². The van der Waals surface area contributed by atoms with E-state index in [-0.39, 0.29) is 23.9 Å². The smallest absolute Gasteiger partial charge is 0.353 e. The zero-order valence-electron chi connectivity index (χ0n) is 15.1. The number of rotatable bonds is 4. The third-order valence-electron chi connectivity index (χ3n) is 5.96. The minimum absolute atomic E-state index is 0.0118. The Hall–Kier alpha value is -1.56. The van der Waals surface area contributed by atoms with Crippen LogP contribution in [0.5, 0.6) is 0 Å². The molecule has 26 heavy (non-hydrogen) atoms. The first-order chi connectivity index (χ1) is 12.2. The molecule has 3 rings (SSSR count). The Morgan fingerprint density at radius 3 is 2.31 bits per heavy atom. The zero-order valence-corrected chi connectivity index (χ0v) is 15.1. The molecule has 2 bridgehead atoms. The molecule has 2 aliphatic carbocycles. The lowest BCUT2D eigenvalue weighted by Crippen LogP contribution is -2.54. The standard InChI is InChI=1S/C20H27F3N2O/c1-12(9-13-5-7-16(8-6-13)20(21,22)23)19(26)25-18-14-3-2-4-15(18)11-17(24)10-14/h5-8,12,14-15,17-18H,2-4,9-11,24H2,1H3,(H,25,26). The predicted octanol–water partition coefficient (Wildman–Crippen LogP) is 3.91. The van der Waals surface area contributed by atoms with E-state index in [2.05, 4.69) is 5.32 Å². The van der Waals surface area contributed by atoms with Crippen molar-refractivity contribution in [3.63, 3.8) is 0 Å². The van der Waals surface area contributed by atoms with Gasteiger partial charge in [-0.15, -0.1) is 0 Å². The van der Waals surface area contributed by atoms with Crippen LogP contribution in [0, 0.1) is 17.8 Å². The van der Waals surface area contributed by atoms with Gasteiger partial charge in [-0.3, -0.25) is 4.79 Å². The van der Waals surface area contributed by atoms with E-state index in [9.17, 15) is 18.0 Å². The Morgan fingerprint density at radius 1 is 1.19 bits per heavy atom. The number of alkyl halides is 3. The topological polar surface area (TPSA) is 55.1 Å². The van der Waals surface area contributed by atoms with Gasteiger partial charge in [-0.1, -0.05) is 25.5 Å². The first-order valence-electron chi connectivity index (χ1n) is 9.46. The fraction of sp³-hybridized carbons (Fsp3) is 0.650. The number of nitrogens with one attached hydrogen (secondary N) is 1. The van der Waals surface area contributed by atoms with Gasteiger partial charge in [0.15, 0.2) is 0 Å². The molecule has 1 amide bonds. The van der Waals surface area contributed by atoms with Crippen LogP contribution in [0.4, 0.5) is 13.2 Å². The van der Waals surface area contributed by atoms with Crippen molar-refractivity contribution in [3.05, 3.63) is 35.4 Å². The summed E-state index contributed by atoms with van der Waals surface area (Å²) < 4.78 is 37.9. The van der Waals surface area contributed by atoms with Crippen LogP contribution < -0.4 is 11.1 Å². The fourth-order valence-electron chi connectivity index (χ4n) is 4.61. The molecule has 0 aliphatic heterocycles. The first-order valence-corrected chi connectivity index (χ1v) is 9.46. The van der Waals surface area contributed by atoms with Gasteiger partial charge in [0.25, 0.3) is 0 Å². The summed E-state index contributed by atoms with van der Waals surface area (Å²) in [5.41, 5.74) is 6.21. The summed E-state index contributed by atoms with van der Waals surface area (Å²) in [4.78, 5) is 12.6. The maximum atomic E-state index is 12.6. The van der Waals surface area contributed by atoms with Crippen LogP contribution in [0.2, 0.25) is 0 Å². The molecule has 3 unspecified atom stereocenters. The normalized spacial score (nSPS) is 29.9. The van der Waals surface area contributed by atoms with E-state index in [1.807, 2.05) is 6.92 Å². The number of benzene rings is 1. The second-order valence-electron chi connectivity index (χ2n) is 8.02. The third-order valence-corrected chi connectivity index (χ3v) is 5.96. The molecule has 0 aromatic heterocycles. The van der Waals surface area contributed by atoms with Crippen molar-refractivity contribution in [2.75, 3.05) is 0 Å². The van der Waals surface area contributed by atoms with E-state index >= 15 is 0 Å². The summed E-state index contributed by atoms with van der Waals surface area (Å²) in [5.74, 6) is 0.629. The summed E-state index contributed by atoms with van der Waals surface area (Å²) in [6.07, 6.45) is 1.47. The summed E-state index contributed by atoms with van der Waals surface area (Å²) in [6, 6.07) is 5.51. The number of carbonyl (C=O) groups excluding carboxylic acids is 1. The zero-order chi connectivity index (χ0) is 18.9. The Balaban J connectivity index is 1.58. The van der Waals surface area contributed by atoms with Crippen LogP contribution in [0.3, 0.4) is 0 Å². The van der Waals surface area contributed by atoms with E-state index in [0.29, 0.717) is 18.3 Å². The second-order valence-corrected chi connectivity index (χ2v) is 8.02. The SMILES string of the molecule is CC(Cc1ccc(C(F)(F)F)cc1)C(=O)NC1C2CCCC1CC(N)C2. The number of hydrogen-bond acceptors (Lipinski definition) is 2. The lowest BCUT2D eigenvalue weighted by molar-refractivity contribution is -0.137. The molecule has 6 heteroatoms. The number of hydrogen-bond donors (Lipinski definition) is 2. The fourth-order valence-corrected chi connectivity index (χ4v) is 4.61. The molecule has 3 N–H and O–H groups in total. The van der Waals surface area contributed by atoms with E-state index < -0.39 is 11.7 Å². The Kier molecular flexibility index (Phi) is 5.61. The van der Waals surface area contributed by atoms with E-state index in [1.165, 1.54) is 18.6 Å². The molecule has 0 radical (unpaired) electrons. The summed E-state index contributed by atoms with van der Waals surface area (Å²) in [7, 11) is 0. The quantitative estimate of drug-likeness (QED) is 0.847. The highest BCUT2D eigenvalue weighted by Gasteiger charge is 2.40. The van der Waals surface area contributed by atoms with Gasteiger partial charge in [0.05, 0.1) is 5.56 Å². The number of carbonyl (C=O) groups is 1. The van der Waals surface area contributed by atoms with Gasteiger partial charge >= 0.3 is 6.18 Å². The number of amides is 1. The van der Waals surface area contributed by atoms with E-state index in [0.717, 1.165) is 43.4 Å². The molecule has 3 atom stereocenters. The van der Waals surface area contributed by atoms with Gasteiger partial charge in [-0.2, -0.15) is 13.2 Å². The molecular formula is C20H27F3N2O. The van der Waals surface area contributed by atoms with E-state index in [4.69, 9.17) is 5.73 Å².